The quantitative estimate of drug-likeness (QED) is 0.457. The average Bonchev–Trinajstić information content (AvgIpc) is 3.12. The number of phenols is 1. The van der Waals surface area contributed by atoms with Gasteiger partial charge in [-0.25, -0.2) is 4.79 Å². The summed E-state index contributed by atoms with van der Waals surface area (Å²) >= 11 is 1.44. The minimum atomic E-state index is -1.16. The van der Waals surface area contributed by atoms with Gasteiger partial charge in [0.2, 0.25) is 0 Å². The molecule has 1 heterocycles. The Hall–Kier alpha value is -2.55. The minimum absolute atomic E-state index is 0.0656. The van der Waals surface area contributed by atoms with Crippen LogP contribution in [0.15, 0.2) is 28.2 Å². The van der Waals surface area contributed by atoms with Crippen LogP contribution in [0.5, 0.6) is 5.75 Å². The van der Waals surface area contributed by atoms with Crippen LogP contribution in [0.25, 0.3) is 0 Å². The monoisotopic (exact) mass is 393 g/mol. The molecular weight excluding hydrogens is 370 g/mol. The normalized spacial score (nSPS) is 15.0. The number of esters is 1. The van der Waals surface area contributed by atoms with Gasteiger partial charge in [0.05, 0.1) is 19.6 Å². The molecule has 1 aromatic rings. The number of carboxylic acids is 1. The SMILES string of the molecule is CCOC(=O)CC(C)=NC(C(=O)O)c1ccc(O)c(CSC2=NCCN2)c1. The van der Waals surface area contributed by atoms with E-state index in [2.05, 4.69) is 15.3 Å². The molecule has 2 rings (SSSR count). The number of carbonyl (C=O) groups is 2. The number of amidine groups is 1. The fraction of sp³-hybridized carbons (Fsp3) is 0.444. The Bertz CT molecular complexity index is 763. The summed E-state index contributed by atoms with van der Waals surface area (Å²) in [5.74, 6) is -1.05. The number of thioether (sulfide) groups is 1. The lowest BCUT2D eigenvalue weighted by Gasteiger charge is -2.13. The summed E-state index contributed by atoms with van der Waals surface area (Å²) in [6.45, 7) is 5.07. The number of hydrogen-bond acceptors (Lipinski definition) is 8. The zero-order chi connectivity index (χ0) is 19.8. The fourth-order valence-electron chi connectivity index (χ4n) is 2.47. The van der Waals surface area contributed by atoms with Crippen molar-refractivity contribution in [2.45, 2.75) is 32.1 Å². The third-order valence-corrected chi connectivity index (χ3v) is 4.72. The summed E-state index contributed by atoms with van der Waals surface area (Å²) in [4.78, 5) is 31.7. The van der Waals surface area contributed by atoms with E-state index in [4.69, 9.17) is 4.74 Å². The van der Waals surface area contributed by atoms with Crippen LogP contribution in [0.2, 0.25) is 0 Å². The molecule has 0 amide bonds. The molecule has 0 saturated carbocycles. The highest BCUT2D eigenvalue weighted by atomic mass is 32.2. The summed E-state index contributed by atoms with van der Waals surface area (Å²) in [5, 5.41) is 23.6. The molecule has 1 unspecified atom stereocenters. The van der Waals surface area contributed by atoms with Gasteiger partial charge < -0.3 is 20.3 Å². The largest absolute Gasteiger partial charge is 0.508 e. The van der Waals surface area contributed by atoms with Crippen LogP contribution in [0.1, 0.15) is 37.4 Å². The first kappa shape index (κ1) is 20.8. The number of nitrogens with zero attached hydrogens (tertiary/aromatic N) is 2. The summed E-state index contributed by atoms with van der Waals surface area (Å²) in [5.41, 5.74) is 1.40. The molecule has 0 spiro atoms. The minimum Gasteiger partial charge on any atom is -0.508 e. The molecule has 1 aromatic carbocycles. The van der Waals surface area contributed by atoms with E-state index in [0.717, 1.165) is 18.3 Å². The molecule has 27 heavy (non-hydrogen) atoms. The van der Waals surface area contributed by atoms with Crippen molar-refractivity contribution in [3.63, 3.8) is 0 Å². The number of rotatable bonds is 8. The van der Waals surface area contributed by atoms with E-state index in [1.54, 1.807) is 19.9 Å². The van der Waals surface area contributed by atoms with Crippen molar-refractivity contribution in [2.24, 2.45) is 9.98 Å². The molecule has 0 aliphatic carbocycles. The van der Waals surface area contributed by atoms with Crippen LogP contribution in [0, 0.1) is 0 Å². The van der Waals surface area contributed by atoms with E-state index >= 15 is 0 Å². The average molecular weight is 393 g/mol. The highest BCUT2D eigenvalue weighted by molar-refractivity contribution is 8.13. The molecule has 1 atom stereocenters. The van der Waals surface area contributed by atoms with Gasteiger partial charge in [0.1, 0.15) is 5.75 Å². The maximum atomic E-state index is 11.7. The van der Waals surface area contributed by atoms with E-state index in [-0.39, 0.29) is 18.8 Å². The number of nitrogens with one attached hydrogen (secondary N) is 1. The molecule has 3 N–H and O–H groups in total. The Kier molecular flexibility index (Phi) is 7.66. The number of carbonyl (C=O) groups excluding carboxylic acids is 1. The summed E-state index contributed by atoms with van der Waals surface area (Å²) < 4.78 is 4.86. The zero-order valence-electron chi connectivity index (χ0n) is 15.3. The first-order valence-corrected chi connectivity index (χ1v) is 9.54. The molecule has 146 valence electrons. The molecule has 8 nitrogen and oxygen atoms in total. The Morgan fingerprint density at radius 1 is 1.44 bits per heavy atom. The van der Waals surface area contributed by atoms with E-state index in [9.17, 15) is 19.8 Å². The standard InChI is InChI=1S/C18H23N3O5S/c1-3-26-15(23)8-11(2)21-16(17(24)25)12-4-5-14(22)13(9-12)10-27-18-19-6-7-20-18/h4-5,9,16,22H,3,6-8,10H2,1-2H3,(H,19,20)(H,24,25). The Labute approximate surface area is 161 Å². The summed E-state index contributed by atoms with van der Waals surface area (Å²) in [7, 11) is 0. The first-order valence-electron chi connectivity index (χ1n) is 8.55. The van der Waals surface area contributed by atoms with Gasteiger partial charge in [-0.2, -0.15) is 0 Å². The lowest BCUT2D eigenvalue weighted by Crippen LogP contribution is -2.15. The first-order chi connectivity index (χ1) is 12.9. The van der Waals surface area contributed by atoms with Crippen LogP contribution in [0.3, 0.4) is 0 Å². The van der Waals surface area contributed by atoms with Crippen molar-refractivity contribution in [2.75, 3.05) is 19.7 Å². The highest BCUT2D eigenvalue weighted by Crippen LogP contribution is 2.28. The van der Waals surface area contributed by atoms with Gasteiger partial charge in [0.15, 0.2) is 11.2 Å². The third-order valence-electron chi connectivity index (χ3n) is 3.72. The lowest BCUT2D eigenvalue weighted by molar-refractivity contribution is -0.142. The maximum absolute atomic E-state index is 11.7. The summed E-state index contributed by atoms with van der Waals surface area (Å²) in [6.07, 6.45) is -0.0656. The van der Waals surface area contributed by atoms with Crippen LogP contribution in [-0.2, 0) is 20.1 Å². The van der Waals surface area contributed by atoms with Gasteiger partial charge in [0.25, 0.3) is 0 Å². The van der Waals surface area contributed by atoms with E-state index in [1.165, 1.54) is 23.9 Å². The molecule has 1 aliphatic heterocycles. The van der Waals surface area contributed by atoms with Crippen LogP contribution < -0.4 is 5.32 Å². The number of ether oxygens (including phenoxy) is 1. The van der Waals surface area contributed by atoms with Crippen molar-refractivity contribution >= 4 is 34.6 Å². The number of aliphatic imine (C=N–C) groups is 2. The van der Waals surface area contributed by atoms with Gasteiger partial charge in [0, 0.05) is 23.6 Å². The van der Waals surface area contributed by atoms with Gasteiger partial charge in [-0.05, 0) is 31.5 Å². The van der Waals surface area contributed by atoms with Crippen molar-refractivity contribution in [1.82, 2.24) is 5.32 Å². The predicted molar refractivity (Wildman–Crippen MR) is 104 cm³/mol. The number of carboxylic acid groups (broad SMARTS) is 1. The Morgan fingerprint density at radius 3 is 2.85 bits per heavy atom. The Balaban J connectivity index is 2.17. The second-order valence-electron chi connectivity index (χ2n) is 5.88. The fourth-order valence-corrected chi connectivity index (χ4v) is 3.38. The van der Waals surface area contributed by atoms with Crippen molar-refractivity contribution in [3.05, 3.63) is 29.3 Å². The molecule has 1 aliphatic rings. The van der Waals surface area contributed by atoms with E-state index in [0.29, 0.717) is 22.6 Å². The van der Waals surface area contributed by atoms with Gasteiger partial charge in [-0.3, -0.25) is 14.8 Å². The van der Waals surface area contributed by atoms with Gasteiger partial charge in [-0.1, -0.05) is 17.8 Å². The van der Waals surface area contributed by atoms with Gasteiger partial charge >= 0.3 is 11.9 Å². The van der Waals surface area contributed by atoms with Crippen molar-refractivity contribution in [1.29, 1.82) is 0 Å². The number of aromatic hydroxyl groups is 1. The number of aliphatic carboxylic acids is 1. The Morgan fingerprint density at radius 2 is 2.22 bits per heavy atom. The zero-order valence-corrected chi connectivity index (χ0v) is 16.1. The molecule has 0 bridgehead atoms. The molecule has 9 heteroatoms. The number of hydrogen-bond donors (Lipinski definition) is 3. The molecule has 0 fully saturated rings. The van der Waals surface area contributed by atoms with Crippen LogP contribution in [0.4, 0.5) is 0 Å². The molecule has 0 radical (unpaired) electrons. The summed E-state index contributed by atoms with van der Waals surface area (Å²) in [6, 6.07) is 3.44. The smallest absolute Gasteiger partial charge is 0.333 e. The van der Waals surface area contributed by atoms with Gasteiger partial charge in [-0.15, -0.1) is 0 Å². The van der Waals surface area contributed by atoms with E-state index in [1.807, 2.05) is 0 Å². The molecular formula is C18H23N3O5S. The second-order valence-corrected chi connectivity index (χ2v) is 6.84. The highest BCUT2D eigenvalue weighted by Gasteiger charge is 2.21. The van der Waals surface area contributed by atoms with Crippen molar-refractivity contribution in [3.8, 4) is 5.75 Å². The molecule has 0 saturated heterocycles. The van der Waals surface area contributed by atoms with Crippen LogP contribution >= 0.6 is 11.8 Å². The third kappa shape index (κ3) is 6.28. The number of phenolic OH excluding ortho intramolecular Hbond substituents is 1. The van der Waals surface area contributed by atoms with E-state index < -0.39 is 18.0 Å². The van der Waals surface area contributed by atoms with Crippen molar-refractivity contribution < 1.29 is 24.5 Å². The predicted octanol–water partition coefficient (Wildman–Crippen LogP) is 2.12. The lowest BCUT2D eigenvalue weighted by atomic mass is 10.0. The topological polar surface area (TPSA) is 121 Å². The molecule has 0 aromatic heterocycles. The van der Waals surface area contributed by atoms with Crippen LogP contribution in [-0.4, -0.2) is 52.7 Å². The number of benzene rings is 1. The second kappa shape index (κ2) is 9.96. The maximum Gasteiger partial charge on any atom is 0.333 e.